The van der Waals surface area contributed by atoms with Crippen LogP contribution in [-0.2, 0) is 4.74 Å². The van der Waals surface area contributed by atoms with Crippen LogP contribution in [-0.4, -0.2) is 39.0 Å². The normalized spacial score (nSPS) is 10.5. The number of rotatable bonds is 7. The van der Waals surface area contributed by atoms with Crippen LogP contribution in [0, 0.1) is 0 Å². The monoisotopic (exact) mass is 285 g/mol. The first kappa shape index (κ1) is 15.5. The van der Waals surface area contributed by atoms with Crippen LogP contribution in [0.3, 0.4) is 0 Å². The number of thiophene rings is 1. The van der Waals surface area contributed by atoms with E-state index in [4.69, 9.17) is 16.2 Å². The molecular weight excluding hydrogens is 266 g/mol. The van der Waals surface area contributed by atoms with Gasteiger partial charge in [-0.1, -0.05) is 6.92 Å². The van der Waals surface area contributed by atoms with E-state index in [0.29, 0.717) is 29.5 Å². The molecule has 19 heavy (non-hydrogen) atoms. The Bertz CT molecular complexity index is 485. The molecule has 0 radical (unpaired) electrons. The second kappa shape index (κ2) is 6.53. The van der Waals surface area contributed by atoms with Crippen molar-refractivity contribution in [2.24, 2.45) is 5.73 Å². The van der Waals surface area contributed by atoms with Gasteiger partial charge in [0.15, 0.2) is 5.78 Å². The summed E-state index contributed by atoms with van der Waals surface area (Å²) in [5.74, 6) is -0.709. The predicted molar refractivity (Wildman–Crippen MR) is 77.0 cm³/mol. The number of carbonyl (C=O) groups is 2. The Balaban J connectivity index is 3.22. The number of amides is 1. The van der Waals surface area contributed by atoms with Crippen LogP contribution in [0.25, 0.3) is 0 Å². The molecule has 0 saturated heterocycles. The third kappa shape index (κ3) is 3.24. The number of likely N-dealkylation sites (N-methyl/N-ethyl adjacent to an activating group) is 1. The van der Waals surface area contributed by atoms with Gasteiger partial charge in [-0.15, -0.1) is 11.3 Å². The fourth-order valence-corrected chi connectivity index (χ4v) is 2.86. The average Bonchev–Trinajstić information content (AvgIpc) is 2.72. The Labute approximate surface area is 116 Å². The van der Waals surface area contributed by atoms with Gasteiger partial charge in [-0.25, -0.2) is 0 Å². The summed E-state index contributed by atoms with van der Waals surface area (Å²) in [4.78, 5) is 25.5. The van der Waals surface area contributed by atoms with E-state index in [9.17, 15) is 9.59 Å². The maximum atomic E-state index is 11.8. The van der Waals surface area contributed by atoms with Crippen molar-refractivity contribution in [1.82, 2.24) is 0 Å². The Kier molecular flexibility index (Phi) is 5.31. The topological polar surface area (TPSA) is 98.6 Å². The van der Waals surface area contributed by atoms with Gasteiger partial charge in [0.1, 0.15) is 5.00 Å². The Morgan fingerprint density at radius 1 is 1.42 bits per heavy atom. The molecule has 0 aliphatic carbocycles. The number of methoxy groups -OCH3 is 1. The third-order valence-corrected chi connectivity index (χ3v) is 4.09. The zero-order valence-corrected chi connectivity index (χ0v) is 12.2. The number of primary amides is 1. The molecule has 4 N–H and O–H groups in total. The minimum Gasteiger partial charge on any atom is -0.397 e. The lowest BCUT2D eigenvalue weighted by Crippen LogP contribution is -2.24. The van der Waals surface area contributed by atoms with Crippen molar-refractivity contribution in [3.05, 3.63) is 10.4 Å². The quantitative estimate of drug-likeness (QED) is 0.731. The second-order valence-corrected chi connectivity index (χ2v) is 5.08. The highest BCUT2D eigenvalue weighted by Gasteiger charge is 2.25. The number of hydrogen-bond acceptors (Lipinski definition) is 6. The fourth-order valence-electron chi connectivity index (χ4n) is 1.64. The molecule has 106 valence electrons. The van der Waals surface area contributed by atoms with Crippen molar-refractivity contribution in [1.29, 1.82) is 0 Å². The molecule has 0 aromatic carbocycles. The van der Waals surface area contributed by atoms with Crippen molar-refractivity contribution < 1.29 is 14.3 Å². The summed E-state index contributed by atoms with van der Waals surface area (Å²) in [6.45, 7) is 2.83. The maximum Gasteiger partial charge on any atom is 0.253 e. The van der Waals surface area contributed by atoms with E-state index >= 15 is 0 Å². The Hall–Kier alpha value is -1.60. The molecule has 0 bridgehead atoms. The number of Topliss-reactive ketones (excluding diaryl/α,β-unsaturated/α-hetero) is 1. The van der Waals surface area contributed by atoms with Gasteiger partial charge in [0.25, 0.3) is 5.91 Å². The van der Waals surface area contributed by atoms with E-state index in [1.54, 1.807) is 21.1 Å². The predicted octanol–water partition coefficient (Wildman–Crippen LogP) is 1.10. The van der Waals surface area contributed by atoms with Crippen molar-refractivity contribution >= 4 is 33.7 Å². The molecule has 1 heterocycles. The zero-order valence-electron chi connectivity index (χ0n) is 11.4. The van der Waals surface area contributed by atoms with Crippen molar-refractivity contribution in [2.75, 3.05) is 37.9 Å². The van der Waals surface area contributed by atoms with Gasteiger partial charge in [-0.3, -0.25) is 9.59 Å². The molecule has 1 aromatic rings. The number of carbonyl (C=O) groups excluding carboxylic acids is 2. The molecule has 0 atom stereocenters. The van der Waals surface area contributed by atoms with Crippen LogP contribution < -0.4 is 16.4 Å². The van der Waals surface area contributed by atoms with E-state index in [-0.39, 0.29) is 17.0 Å². The van der Waals surface area contributed by atoms with Gasteiger partial charge in [0.05, 0.1) is 22.7 Å². The summed E-state index contributed by atoms with van der Waals surface area (Å²) < 4.78 is 4.99. The van der Waals surface area contributed by atoms with Gasteiger partial charge in [-0.05, 0) is 0 Å². The fraction of sp³-hybridized carbons (Fsp3) is 0.500. The van der Waals surface area contributed by atoms with E-state index in [0.717, 1.165) is 0 Å². The summed E-state index contributed by atoms with van der Waals surface area (Å²) in [5.41, 5.74) is 11.6. The standard InChI is InChI=1S/C12H19N3O3S/c1-4-7(16)10-9(13)8(11(14)17)12(19-10)15(2)5-6-18-3/h4-6,13H2,1-3H3,(H2,14,17). The van der Waals surface area contributed by atoms with Gasteiger partial charge < -0.3 is 21.1 Å². The molecule has 7 heteroatoms. The van der Waals surface area contributed by atoms with Crippen LogP contribution in [0.5, 0.6) is 0 Å². The molecule has 0 spiro atoms. The molecular formula is C12H19N3O3S. The highest BCUT2D eigenvalue weighted by molar-refractivity contribution is 7.19. The lowest BCUT2D eigenvalue weighted by molar-refractivity contribution is 0.0991. The number of ether oxygens (including phenoxy) is 1. The molecule has 0 fully saturated rings. The molecule has 1 amide bonds. The highest BCUT2D eigenvalue weighted by atomic mass is 32.1. The molecule has 1 rings (SSSR count). The van der Waals surface area contributed by atoms with Crippen LogP contribution >= 0.6 is 11.3 Å². The van der Waals surface area contributed by atoms with Crippen molar-refractivity contribution in [3.8, 4) is 0 Å². The minimum atomic E-state index is -0.622. The number of nitrogen functional groups attached to an aromatic ring is 1. The summed E-state index contributed by atoms with van der Waals surface area (Å²) in [6.07, 6.45) is 0.337. The molecule has 0 saturated carbocycles. The first-order valence-corrected chi connectivity index (χ1v) is 6.70. The largest absolute Gasteiger partial charge is 0.397 e. The first-order chi connectivity index (χ1) is 8.93. The number of ketones is 1. The van der Waals surface area contributed by atoms with Crippen LogP contribution in [0.2, 0.25) is 0 Å². The smallest absolute Gasteiger partial charge is 0.253 e. The molecule has 0 aliphatic rings. The number of nitrogens with zero attached hydrogens (tertiary/aromatic N) is 1. The van der Waals surface area contributed by atoms with Crippen LogP contribution in [0.1, 0.15) is 33.4 Å². The maximum absolute atomic E-state index is 11.8. The lowest BCUT2D eigenvalue weighted by Gasteiger charge is -2.17. The third-order valence-electron chi connectivity index (χ3n) is 2.72. The summed E-state index contributed by atoms with van der Waals surface area (Å²) >= 11 is 1.20. The van der Waals surface area contributed by atoms with Crippen molar-refractivity contribution in [2.45, 2.75) is 13.3 Å². The van der Waals surface area contributed by atoms with E-state index in [1.807, 2.05) is 4.90 Å². The van der Waals surface area contributed by atoms with E-state index in [2.05, 4.69) is 0 Å². The summed E-state index contributed by atoms with van der Waals surface area (Å²) in [5, 5.41) is 0.610. The van der Waals surface area contributed by atoms with E-state index < -0.39 is 5.91 Å². The zero-order chi connectivity index (χ0) is 14.6. The highest BCUT2D eigenvalue weighted by Crippen LogP contribution is 2.38. The minimum absolute atomic E-state index is 0.0867. The first-order valence-electron chi connectivity index (χ1n) is 5.89. The molecule has 1 aromatic heterocycles. The van der Waals surface area contributed by atoms with Gasteiger partial charge in [-0.2, -0.15) is 0 Å². The van der Waals surface area contributed by atoms with Crippen LogP contribution in [0.15, 0.2) is 0 Å². The molecule has 0 unspecified atom stereocenters. The Morgan fingerprint density at radius 3 is 2.53 bits per heavy atom. The van der Waals surface area contributed by atoms with Crippen LogP contribution in [0.4, 0.5) is 10.7 Å². The number of nitrogens with two attached hydrogens (primary N) is 2. The van der Waals surface area contributed by atoms with E-state index in [1.165, 1.54) is 11.3 Å². The average molecular weight is 285 g/mol. The summed E-state index contributed by atoms with van der Waals surface area (Å²) in [6, 6.07) is 0. The number of anilines is 2. The lowest BCUT2D eigenvalue weighted by atomic mass is 10.1. The SMILES string of the molecule is CCC(=O)c1sc(N(C)CCOC)c(C(N)=O)c1N. The number of hydrogen-bond donors (Lipinski definition) is 2. The van der Waals surface area contributed by atoms with Gasteiger partial charge in [0, 0.05) is 27.1 Å². The molecule has 6 nitrogen and oxygen atoms in total. The summed E-state index contributed by atoms with van der Waals surface area (Å²) in [7, 11) is 3.40. The van der Waals surface area contributed by atoms with Crippen molar-refractivity contribution in [3.63, 3.8) is 0 Å². The molecule has 0 aliphatic heterocycles. The Morgan fingerprint density at radius 2 is 2.05 bits per heavy atom. The van der Waals surface area contributed by atoms with Gasteiger partial charge >= 0.3 is 0 Å². The second-order valence-electron chi connectivity index (χ2n) is 4.08. The van der Waals surface area contributed by atoms with Gasteiger partial charge in [0.2, 0.25) is 0 Å².